The highest BCUT2D eigenvalue weighted by Gasteiger charge is 2.40. The van der Waals surface area contributed by atoms with Crippen LogP contribution in [0.15, 0.2) is 0 Å². The fraction of sp³-hybridized carbons (Fsp3) is 0.933. The number of piperidine rings is 1. The molecule has 2 aliphatic rings. The molecule has 1 atom stereocenters. The normalized spacial score (nSPS) is 31.9. The summed E-state index contributed by atoms with van der Waals surface area (Å²) in [4.78, 5) is 14.3. The highest BCUT2D eigenvalue weighted by molar-refractivity contribution is 5.82. The van der Waals surface area contributed by atoms with Gasteiger partial charge >= 0.3 is 0 Å². The van der Waals surface area contributed by atoms with Crippen molar-refractivity contribution in [1.29, 1.82) is 0 Å². The minimum Gasteiger partial charge on any atom is -0.389 e. The third kappa shape index (κ3) is 3.48. The molecule has 19 heavy (non-hydrogen) atoms. The first kappa shape index (κ1) is 14.8. The van der Waals surface area contributed by atoms with Crippen molar-refractivity contribution in [3.63, 3.8) is 0 Å². The first-order valence-electron chi connectivity index (χ1n) is 7.64. The molecule has 1 saturated carbocycles. The van der Waals surface area contributed by atoms with Gasteiger partial charge in [-0.15, -0.1) is 0 Å². The topological polar surface area (TPSA) is 52.6 Å². The van der Waals surface area contributed by atoms with Gasteiger partial charge in [-0.2, -0.15) is 0 Å². The van der Waals surface area contributed by atoms with E-state index in [9.17, 15) is 9.90 Å². The molecule has 4 nitrogen and oxygen atoms in total. The number of carbonyl (C=O) groups excluding carboxylic acids is 1. The zero-order valence-electron chi connectivity index (χ0n) is 12.4. The molecule has 2 fully saturated rings. The van der Waals surface area contributed by atoms with Gasteiger partial charge < -0.3 is 10.4 Å². The van der Waals surface area contributed by atoms with Crippen LogP contribution in [0.4, 0.5) is 0 Å². The number of likely N-dealkylation sites (tertiary alicyclic amines) is 1. The molecule has 0 aromatic carbocycles. The first-order valence-corrected chi connectivity index (χ1v) is 7.64. The van der Waals surface area contributed by atoms with E-state index in [4.69, 9.17) is 0 Å². The maximum Gasteiger partial charge on any atom is 0.226 e. The number of nitrogens with one attached hydrogen (secondary N) is 1. The fourth-order valence-corrected chi connectivity index (χ4v) is 3.75. The first-order chi connectivity index (χ1) is 8.97. The lowest BCUT2D eigenvalue weighted by Gasteiger charge is -2.43. The molecular weight excluding hydrogens is 240 g/mol. The Morgan fingerprint density at radius 3 is 2.53 bits per heavy atom. The van der Waals surface area contributed by atoms with E-state index in [0.717, 1.165) is 58.2 Å². The van der Waals surface area contributed by atoms with Gasteiger partial charge in [-0.1, -0.05) is 19.3 Å². The molecule has 0 unspecified atom stereocenters. The Morgan fingerprint density at radius 1 is 1.21 bits per heavy atom. The highest BCUT2D eigenvalue weighted by atomic mass is 16.3. The second-order valence-corrected chi connectivity index (χ2v) is 6.74. The van der Waals surface area contributed by atoms with Crippen LogP contribution < -0.4 is 5.32 Å². The van der Waals surface area contributed by atoms with Crippen molar-refractivity contribution < 1.29 is 9.90 Å². The summed E-state index contributed by atoms with van der Waals surface area (Å²) in [5, 5.41) is 13.4. The molecule has 2 N–H and O–H groups in total. The third-order valence-electron chi connectivity index (χ3n) is 4.85. The Bertz CT molecular complexity index is 326. The van der Waals surface area contributed by atoms with Crippen molar-refractivity contribution in [2.24, 2.45) is 5.41 Å². The van der Waals surface area contributed by atoms with E-state index in [2.05, 4.69) is 10.2 Å². The van der Waals surface area contributed by atoms with Crippen molar-refractivity contribution in [3.05, 3.63) is 0 Å². The lowest BCUT2D eigenvalue weighted by atomic mass is 9.79. The summed E-state index contributed by atoms with van der Waals surface area (Å²) >= 11 is 0. The van der Waals surface area contributed by atoms with Crippen LogP contribution in [-0.4, -0.2) is 48.2 Å². The molecule has 0 aromatic rings. The second kappa shape index (κ2) is 5.80. The van der Waals surface area contributed by atoms with Crippen molar-refractivity contribution in [3.8, 4) is 0 Å². The van der Waals surface area contributed by atoms with Crippen LogP contribution in [0.5, 0.6) is 0 Å². The lowest BCUT2D eigenvalue weighted by Crippen LogP contribution is -2.54. The van der Waals surface area contributed by atoms with Gasteiger partial charge in [0.1, 0.15) is 0 Å². The second-order valence-electron chi connectivity index (χ2n) is 6.74. The number of β-amino-alcohol motifs (C(OH)–C–C–N with tert-alkyl or cyclic N) is 1. The Hall–Kier alpha value is -0.610. The molecule has 0 radical (unpaired) electrons. The molecule has 1 amide bonds. The SMILES string of the molecule is CNC(=O)[C@]1(C)CCCN(CC2(O)CCCCC2)C1. The lowest BCUT2D eigenvalue weighted by molar-refractivity contribution is -0.134. The molecule has 0 aromatic heterocycles. The monoisotopic (exact) mass is 268 g/mol. The van der Waals surface area contributed by atoms with Crippen LogP contribution in [0.2, 0.25) is 0 Å². The van der Waals surface area contributed by atoms with E-state index in [1.807, 2.05) is 6.92 Å². The average molecular weight is 268 g/mol. The molecule has 4 heteroatoms. The fourth-order valence-electron chi connectivity index (χ4n) is 3.75. The van der Waals surface area contributed by atoms with Crippen LogP contribution in [0, 0.1) is 5.41 Å². The molecule has 1 saturated heterocycles. The zero-order valence-corrected chi connectivity index (χ0v) is 12.4. The van der Waals surface area contributed by atoms with Gasteiger partial charge in [0.2, 0.25) is 5.91 Å². The summed E-state index contributed by atoms with van der Waals surface area (Å²) in [6.07, 6.45) is 7.34. The maximum atomic E-state index is 12.0. The highest BCUT2D eigenvalue weighted by Crippen LogP contribution is 2.33. The van der Waals surface area contributed by atoms with Gasteiger partial charge in [-0.25, -0.2) is 0 Å². The van der Waals surface area contributed by atoms with Gasteiger partial charge in [0.25, 0.3) is 0 Å². The Morgan fingerprint density at radius 2 is 1.89 bits per heavy atom. The third-order valence-corrected chi connectivity index (χ3v) is 4.85. The number of amides is 1. The van der Waals surface area contributed by atoms with Gasteiger partial charge in [0, 0.05) is 20.1 Å². The molecule has 2 rings (SSSR count). The minimum atomic E-state index is -0.515. The number of rotatable bonds is 3. The Labute approximate surface area is 116 Å². The summed E-state index contributed by atoms with van der Waals surface area (Å²) in [6, 6.07) is 0. The smallest absolute Gasteiger partial charge is 0.226 e. The summed E-state index contributed by atoms with van der Waals surface area (Å²) in [6.45, 7) is 4.56. The number of hydrogen-bond donors (Lipinski definition) is 2. The van der Waals surface area contributed by atoms with Crippen molar-refractivity contribution >= 4 is 5.91 Å². The molecule has 0 spiro atoms. The van der Waals surface area contributed by atoms with Crippen LogP contribution in [0.25, 0.3) is 0 Å². The maximum absolute atomic E-state index is 12.0. The standard InChI is InChI=1S/C15H28N2O2/c1-14(13(18)16-2)7-6-10-17(11-14)12-15(19)8-4-3-5-9-15/h19H,3-12H2,1-2H3,(H,16,18)/t14-/m1/s1. The summed E-state index contributed by atoms with van der Waals surface area (Å²) in [5.41, 5.74) is -0.808. The van der Waals surface area contributed by atoms with Gasteiger partial charge in [0.05, 0.1) is 11.0 Å². The quantitative estimate of drug-likeness (QED) is 0.816. The van der Waals surface area contributed by atoms with E-state index in [0.29, 0.717) is 0 Å². The summed E-state index contributed by atoms with van der Waals surface area (Å²) in [5.74, 6) is 0.132. The number of aliphatic hydroxyl groups is 1. The van der Waals surface area contributed by atoms with Crippen molar-refractivity contribution in [2.45, 2.75) is 57.5 Å². The predicted molar refractivity (Wildman–Crippen MR) is 75.9 cm³/mol. The van der Waals surface area contributed by atoms with Gasteiger partial charge in [-0.05, 0) is 39.2 Å². The van der Waals surface area contributed by atoms with Gasteiger partial charge in [0.15, 0.2) is 0 Å². The van der Waals surface area contributed by atoms with Crippen LogP contribution in [-0.2, 0) is 4.79 Å². The van der Waals surface area contributed by atoms with Crippen molar-refractivity contribution in [1.82, 2.24) is 10.2 Å². The molecule has 0 bridgehead atoms. The summed E-state index contributed by atoms with van der Waals surface area (Å²) < 4.78 is 0. The van der Waals surface area contributed by atoms with Crippen molar-refractivity contribution in [2.75, 3.05) is 26.7 Å². The van der Waals surface area contributed by atoms with Crippen LogP contribution in [0.1, 0.15) is 51.9 Å². The molecule has 1 aliphatic heterocycles. The van der Waals surface area contributed by atoms with Gasteiger partial charge in [-0.3, -0.25) is 9.69 Å². The molecular formula is C15H28N2O2. The zero-order chi connectivity index (χ0) is 13.9. The molecule has 110 valence electrons. The predicted octanol–water partition coefficient (Wildman–Crippen LogP) is 1.53. The van der Waals surface area contributed by atoms with E-state index in [1.54, 1.807) is 7.05 Å². The Kier molecular flexibility index (Phi) is 4.51. The molecule has 1 aliphatic carbocycles. The van der Waals surface area contributed by atoms with E-state index < -0.39 is 5.60 Å². The number of hydrogen-bond acceptors (Lipinski definition) is 3. The minimum absolute atomic E-state index is 0.132. The van der Waals surface area contributed by atoms with E-state index >= 15 is 0 Å². The number of nitrogens with zero attached hydrogens (tertiary/aromatic N) is 1. The average Bonchev–Trinajstić information content (AvgIpc) is 2.38. The van der Waals surface area contributed by atoms with Crippen LogP contribution in [0.3, 0.4) is 0 Å². The van der Waals surface area contributed by atoms with E-state index in [-0.39, 0.29) is 11.3 Å². The molecule has 1 heterocycles. The largest absolute Gasteiger partial charge is 0.389 e. The van der Waals surface area contributed by atoms with E-state index in [1.165, 1.54) is 6.42 Å². The number of carbonyl (C=O) groups is 1. The van der Waals surface area contributed by atoms with Crippen LogP contribution >= 0.6 is 0 Å². The Balaban J connectivity index is 1.95. The summed E-state index contributed by atoms with van der Waals surface area (Å²) in [7, 11) is 1.71.